The summed E-state index contributed by atoms with van der Waals surface area (Å²) in [5.41, 5.74) is 0. The van der Waals surface area contributed by atoms with Crippen LogP contribution in [-0.2, 0) is 9.05 Å². The molecule has 0 saturated carbocycles. The molecule has 0 amide bonds. The van der Waals surface area contributed by atoms with E-state index in [2.05, 4.69) is 5.92 Å². The summed E-state index contributed by atoms with van der Waals surface area (Å²) < 4.78 is 20.2. The molecule has 0 fully saturated rings. The molecule has 0 unspecified atom stereocenters. The maximum Gasteiger partial charge on any atom is 0.300 e. The zero-order valence-corrected chi connectivity index (χ0v) is 6.59. The van der Waals surface area contributed by atoms with Gasteiger partial charge in [-0.15, -0.1) is 0 Å². The quantitative estimate of drug-likeness (QED) is 0.435. The Morgan fingerprint density at radius 1 is 1.56 bits per heavy atom. The molecule has 0 atom stereocenters. The predicted octanol–water partition coefficient (Wildman–Crippen LogP) is 1.32. The Morgan fingerprint density at radius 3 is 2.44 bits per heavy atom. The second-order valence-electron chi connectivity index (χ2n) is 1.47. The Bertz CT molecular complexity index is 219. The molecule has 0 aromatic heterocycles. The molecule has 9 heavy (non-hydrogen) atoms. The molecule has 0 aliphatic heterocycles. The number of hydrogen-bond acceptors (Lipinski definition) is 2. The van der Waals surface area contributed by atoms with E-state index in [1.165, 1.54) is 0 Å². The summed E-state index contributed by atoms with van der Waals surface area (Å²) in [4.78, 5) is 0. The van der Waals surface area contributed by atoms with Crippen molar-refractivity contribution in [1.82, 2.24) is 0 Å². The van der Waals surface area contributed by atoms with Crippen LogP contribution < -0.4 is 0 Å². The highest BCUT2D eigenvalue weighted by molar-refractivity contribution is 8.17. The van der Waals surface area contributed by atoms with E-state index < -0.39 is 9.05 Å². The van der Waals surface area contributed by atoms with Gasteiger partial charge in [0.1, 0.15) is 0 Å². The maximum absolute atomic E-state index is 10.1. The minimum Gasteiger partial charge on any atom is -0.198 e. The zero-order valence-electron chi connectivity index (χ0n) is 5.02. The van der Waals surface area contributed by atoms with Gasteiger partial charge in [-0.05, 0) is 6.42 Å². The van der Waals surface area contributed by atoms with Gasteiger partial charge in [0, 0.05) is 22.4 Å². The first-order valence-electron chi connectivity index (χ1n) is 2.50. The first-order chi connectivity index (χ1) is 4.06. The fraction of sp³-hybridized carbons (Fsp3) is 0.600. The van der Waals surface area contributed by atoms with Crippen LogP contribution in [0.2, 0.25) is 0 Å². The van der Waals surface area contributed by atoms with E-state index in [-0.39, 0.29) is 0 Å². The van der Waals surface area contributed by atoms with Crippen LogP contribution in [0.4, 0.5) is 0 Å². The van der Waals surface area contributed by atoms with Gasteiger partial charge in [0.15, 0.2) is 0 Å². The van der Waals surface area contributed by atoms with E-state index in [1.807, 2.05) is 12.2 Å². The van der Waals surface area contributed by atoms with E-state index in [4.69, 9.17) is 10.7 Å². The standard InChI is InChI=1S/C5H7ClO2S/c1-2-3-4-5-9(6,7)8/h2-3H2,1H3. The lowest BCUT2D eigenvalue weighted by atomic mass is 10.4. The summed E-state index contributed by atoms with van der Waals surface area (Å²) in [6.07, 6.45) is 1.42. The minimum atomic E-state index is -3.59. The van der Waals surface area contributed by atoms with Crippen LogP contribution in [0, 0.1) is 11.2 Å². The minimum absolute atomic E-state index is 0.575. The maximum atomic E-state index is 10.1. The summed E-state index contributed by atoms with van der Waals surface area (Å²) >= 11 is 0. The van der Waals surface area contributed by atoms with E-state index in [0.717, 1.165) is 6.42 Å². The molecule has 0 radical (unpaired) electrons. The normalized spacial score (nSPS) is 10.0. The molecule has 0 aromatic carbocycles. The third-order valence-corrected chi connectivity index (χ3v) is 1.19. The molecule has 0 aliphatic carbocycles. The molecule has 0 saturated heterocycles. The third-order valence-electron chi connectivity index (χ3n) is 0.569. The van der Waals surface area contributed by atoms with Crippen molar-refractivity contribution in [3.8, 4) is 11.2 Å². The molecule has 0 heterocycles. The van der Waals surface area contributed by atoms with Crippen LogP contribution in [0.5, 0.6) is 0 Å². The van der Waals surface area contributed by atoms with Gasteiger partial charge >= 0.3 is 9.05 Å². The van der Waals surface area contributed by atoms with E-state index >= 15 is 0 Å². The van der Waals surface area contributed by atoms with Crippen molar-refractivity contribution in [2.24, 2.45) is 0 Å². The molecular weight excluding hydrogens is 160 g/mol. The van der Waals surface area contributed by atoms with E-state index in [1.54, 1.807) is 0 Å². The van der Waals surface area contributed by atoms with Crippen molar-refractivity contribution in [2.45, 2.75) is 19.8 Å². The lowest BCUT2D eigenvalue weighted by Crippen LogP contribution is -1.79. The first-order valence-corrected chi connectivity index (χ1v) is 4.81. The van der Waals surface area contributed by atoms with Crippen molar-refractivity contribution in [3.63, 3.8) is 0 Å². The van der Waals surface area contributed by atoms with Gasteiger partial charge in [-0.25, -0.2) is 0 Å². The molecule has 0 bridgehead atoms. The van der Waals surface area contributed by atoms with E-state index in [9.17, 15) is 8.42 Å². The molecule has 2 nitrogen and oxygen atoms in total. The fourth-order valence-electron chi connectivity index (χ4n) is 0.262. The largest absolute Gasteiger partial charge is 0.300 e. The number of halogens is 1. The van der Waals surface area contributed by atoms with Crippen molar-refractivity contribution in [3.05, 3.63) is 0 Å². The predicted molar refractivity (Wildman–Crippen MR) is 37.5 cm³/mol. The van der Waals surface area contributed by atoms with Gasteiger partial charge in [0.25, 0.3) is 0 Å². The topological polar surface area (TPSA) is 34.1 Å². The van der Waals surface area contributed by atoms with Crippen LogP contribution in [0.25, 0.3) is 0 Å². The highest BCUT2D eigenvalue weighted by Crippen LogP contribution is 1.92. The lowest BCUT2D eigenvalue weighted by molar-refractivity contribution is 0.618. The highest BCUT2D eigenvalue weighted by atomic mass is 35.7. The summed E-state index contributed by atoms with van der Waals surface area (Å²) in [5.74, 6) is 2.41. The summed E-state index contributed by atoms with van der Waals surface area (Å²) in [5, 5.41) is 1.91. The highest BCUT2D eigenvalue weighted by Gasteiger charge is 1.93. The Hall–Kier alpha value is -0.200. The van der Waals surface area contributed by atoms with Crippen LogP contribution in [-0.4, -0.2) is 8.42 Å². The lowest BCUT2D eigenvalue weighted by Gasteiger charge is -1.76. The van der Waals surface area contributed by atoms with Crippen LogP contribution in [0.1, 0.15) is 19.8 Å². The van der Waals surface area contributed by atoms with Gasteiger partial charge in [-0.2, -0.15) is 8.42 Å². The fourth-order valence-corrected chi connectivity index (χ4v) is 0.700. The molecule has 52 valence electrons. The van der Waals surface area contributed by atoms with Gasteiger partial charge in [0.2, 0.25) is 0 Å². The van der Waals surface area contributed by atoms with Gasteiger partial charge < -0.3 is 0 Å². The van der Waals surface area contributed by atoms with Gasteiger partial charge in [0.05, 0.1) is 0 Å². The summed E-state index contributed by atoms with van der Waals surface area (Å²) in [6, 6.07) is 0. The number of unbranched alkanes of at least 4 members (excludes halogenated alkanes) is 1. The molecule has 0 spiro atoms. The van der Waals surface area contributed by atoms with Crippen LogP contribution >= 0.6 is 10.7 Å². The Balaban J connectivity index is 3.90. The second kappa shape index (κ2) is 3.76. The summed E-state index contributed by atoms with van der Waals surface area (Å²) in [7, 11) is 1.18. The average molecular weight is 167 g/mol. The number of rotatable bonds is 1. The Labute approximate surface area is 59.6 Å². The van der Waals surface area contributed by atoms with Crippen molar-refractivity contribution in [2.75, 3.05) is 0 Å². The molecule has 0 aliphatic rings. The molecule has 0 rings (SSSR count). The van der Waals surface area contributed by atoms with Gasteiger partial charge in [-0.1, -0.05) is 12.8 Å². The second-order valence-corrected chi connectivity index (χ2v) is 3.77. The molecule has 4 heteroatoms. The Morgan fingerprint density at radius 2 is 2.11 bits per heavy atom. The summed E-state index contributed by atoms with van der Waals surface area (Å²) in [6.45, 7) is 1.91. The zero-order chi connectivity index (χ0) is 7.33. The third kappa shape index (κ3) is 7.80. The van der Waals surface area contributed by atoms with Crippen molar-refractivity contribution in [1.29, 1.82) is 0 Å². The van der Waals surface area contributed by atoms with Crippen LogP contribution in [0.15, 0.2) is 0 Å². The molecule has 0 aromatic rings. The van der Waals surface area contributed by atoms with Crippen molar-refractivity contribution < 1.29 is 8.42 Å². The van der Waals surface area contributed by atoms with Crippen LogP contribution in [0.3, 0.4) is 0 Å². The average Bonchev–Trinajstić information content (AvgIpc) is 1.63. The van der Waals surface area contributed by atoms with E-state index in [0.29, 0.717) is 6.42 Å². The first kappa shape index (κ1) is 8.80. The SMILES string of the molecule is CCCC#CS(=O)(=O)Cl. The monoisotopic (exact) mass is 166 g/mol. The smallest absolute Gasteiger partial charge is 0.198 e. The van der Waals surface area contributed by atoms with Crippen molar-refractivity contribution >= 4 is 19.7 Å². The van der Waals surface area contributed by atoms with Gasteiger partial charge in [-0.3, -0.25) is 0 Å². The molecule has 0 N–H and O–H groups in total. The molecular formula is C5H7ClO2S. The number of hydrogen-bond donors (Lipinski definition) is 0. The Kier molecular flexibility index (Phi) is 3.67.